The molecule has 1 saturated heterocycles. The molecule has 128 valence electrons. The number of piperidine rings is 1. The summed E-state index contributed by atoms with van der Waals surface area (Å²) in [5.41, 5.74) is 0.671. The van der Waals surface area contributed by atoms with Gasteiger partial charge in [0.05, 0.1) is 6.61 Å². The van der Waals surface area contributed by atoms with Gasteiger partial charge in [0, 0.05) is 31.6 Å². The van der Waals surface area contributed by atoms with E-state index in [9.17, 15) is 4.79 Å². The number of hydrogen-bond acceptors (Lipinski definition) is 4. The average Bonchev–Trinajstić information content (AvgIpc) is 2.51. The van der Waals surface area contributed by atoms with E-state index >= 15 is 0 Å². The topological polar surface area (TPSA) is 51.7 Å². The molecule has 1 aromatic heterocycles. The van der Waals surface area contributed by atoms with Crippen LogP contribution in [-0.2, 0) is 16.1 Å². The predicted octanol–water partition coefficient (Wildman–Crippen LogP) is 3.78. The van der Waals surface area contributed by atoms with Gasteiger partial charge in [0.1, 0.15) is 5.60 Å². The van der Waals surface area contributed by atoms with Crippen molar-refractivity contribution in [2.75, 3.05) is 13.2 Å². The van der Waals surface area contributed by atoms with E-state index in [1.165, 1.54) is 0 Å². The van der Waals surface area contributed by atoms with Crippen molar-refractivity contribution in [1.29, 1.82) is 0 Å². The summed E-state index contributed by atoms with van der Waals surface area (Å²) in [5, 5.41) is 0. The van der Waals surface area contributed by atoms with Crippen LogP contribution in [0.3, 0.4) is 0 Å². The molecule has 1 aliphatic rings. The zero-order valence-electron chi connectivity index (χ0n) is 14.5. The molecule has 0 unspecified atom stereocenters. The second-order valence-electron chi connectivity index (χ2n) is 7.02. The normalized spacial score (nSPS) is 18.7. The lowest BCUT2D eigenvalue weighted by molar-refractivity contribution is 0.00378. The second-order valence-corrected chi connectivity index (χ2v) is 7.02. The van der Waals surface area contributed by atoms with Gasteiger partial charge in [0.2, 0.25) is 0 Å². The molecule has 5 nitrogen and oxygen atoms in total. The summed E-state index contributed by atoms with van der Waals surface area (Å²) < 4.78 is 11.3. The maximum Gasteiger partial charge on any atom is 0.410 e. The van der Waals surface area contributed by atoms with Crippen LogP contribution >= 0.6 is 0 Å². The smallest absolute Gasteiger partial charge is 0.410 e. The Kier molecular flexibility index (Phi) is 6.39. The molecule has 1 fully saturated rings. The first-order chi connectivity index (χ1) is 11.0. The fourth-order valence-electron chi connectivity index (χ4n) is 2.75. The maximum absolute atomic E-state index is 12.3. The molecule has 2 rings (SSSR count). The predicted molar refractivity (Wildman–Crippen MR) is 89.1 cm³/mol. The molecule has 1 amide bonds. The molecule has 0 aliphatic carbocycles. The van der Waals surface area contributed by atoms with Gasteiger partial charge >= 0.3 is 6.09 Å². The Labute approximate surface area is 139 Å². The first kappa shape index (κ1) is 17.7. The van der Waals surface area contributed by atoms with Gasteiger partial charge in [-0.2, -0.15) is 0 Å². The summed E-state index contributed by atoms with van der Waals surface area (Å²) in [4.78, 5) is 18.2. The van der Waals surface area contributed by atoms with E-state index in [0.717, 1.165) is 37.8 Å². The fraction of sp³-hybridized carbons (Fsp3) is 0.667. The lowest BCUT2D eigenvalue weighted by Gasteiger charge is -2.36. The van der Waals surface area contributed by atoms with Crippen molar-refractivity contribution in [1.82, 2.24) is 9.88 Å². The number of likely N-dealkylation sites (tertiary alicyclic amines) is 1. The Balaban J connectivity index is 1.78. The van der Waals surface area contributed by atoms with Crippen LogP contribution in [-0.4, -0.2) is 40.8 Å². The third kappa shape index (κ3) is 6.18. The van der Waals surface area contributed by atoms with Gasteiger partial charge in [-0.25, -0.2) is 4.79 Å². The summed E-state index contributed by atoms with van der Waals surface area (Å²) >= 11 is 0. The van der Waals surface area contributed by atoms with Gasteiger partial charge < -0.3 is 14.4 Å². The van der Waals surface area contributed by atoms with E-state index in [2.05, 4.69) is 4.98 Å². The molecule has 1 atom stereocenters. The zero-order valence-corrected chi connectivity index (χ0v) is 14.5. The van der Waals surface area contributed by atoms with E-state index in [1.807, 2.05) is 37.8 Å². The standard InChI is InChI=1S/C18H28N2O3/c1-18(2,3)23-17(21)20-12-5-4-6-16(20)9-13-22-14-15-7-10-19-11-8-15/h7-8,10-11,16H,4-6,9,12-14H2,1-3H3/t16-/m0/s1. The van der Waals surface area contributed by atoms with Crippen LogP contribution in [0.25, 0.3) is 0 Å². The molecule has 0 spiro atoms. The Hall–Kier alpha value is -1.62. The third-order valence-electron chi connectivity index (χ3n) is 3.87. The SMILES string of the molecule is CC(C)(C)OC(=O)N1CCCC[C@H]1CCOCc1ccncc1. The van der Waals surface area contributed by atoms with Crippen molar-refractivity contribution in [2.24, 2.45) is 0 Å². The highest BCUT2D eigenvalue weighted by Gasteiger charge is 2.30. The quantitative estimate of drug-likeness (QED) is 0.775. The van der Waals surface area contributed by atoms with Crippen molar-refractivity contribution in [2.45, 2.75) is 64.7 Å². The summed E-state index contributed by atoms with van der Waals surface area (Å²) in [6, 6.07) is 4.12. The van der Waals surface area contributed by atoms with E-state index in [-0.39, 0.29) is 12.1 Å². The largest absolute Gasteiger partial charge is 0.444 e. The van der Waals surface area contributed by atoms with Crippen molar-refractivity contribution < 1.29 is 14.3 Å². The van der Waals surface area contributed by atoms with Gasteiger partial charge in [-0.3, -0.25) is 4.98 Å². The van der Waals surface area contributed by atoms with Crippen LogP contribution < -0.4 is 0 Å². The molecule has 0 bridgehead atoms. The monoisotopic (exact) mass is 320 g/mol. The van der Waals surface area contributed by atoms with Gasteiger partial charge in [0.15, 0.2) is 0 Å². The highest BCUT2D eigenvalue weighted by atomic mass is 16.6. The van der Waals surface area contributed by atoms with Gasteiger partial charge in [-0.15, -0.1) is 0 Å². The van der Waals surface area contributed by atoms with Crippen molar-refractivity contribution >= 4 is 6.09 Å². The number of nitrogens with zero attached hydrogens (tertiary/aromatic N) is 2. The third-order valence-corrected chi connectivity index (χ3v) is 3.87. The lowest BCUT2D eigenvalue weighted by Crippen LogP contribution is -2.46. The minimum atomic E-state index is -0.447. The Bertz CT molecular complexity index is 485. The fourth-order valence-corrected chi connectivity index (χ4v) is 2.75. The number of pyridine rings is 1. The Morgan fingerprint density at radius 2 is 2.04 bits per heavy atom. The van der Waals surface area contributed by atoms with Crippen molar-refractivity contribution in [3.8, 4) is 0 Å². The van der Waals surface area contributed by atoms with Crippen LogP contribution in [0.4, 0.5) is 4.79 Å². The average molecular weight is 320 g/mol. The summed E-state index contributed by atoms with van der Waals surface area (Å²) in [7, 11) is 0. The lowest BCUT2D eigenvalue weighted by atomic mass is 10.0. The summed E-state index contributed by atoms with van der Waals surface area (Å²) in [6.07, 6.45) is 7.43. The van der Waals surface area contributed by atoms with E-state index in [1.54, 1.807) is 12.4 Å². The number of carbonyl (C=O) groups is 1. The van der Waals surface area contributed by atoms with Crippen molar-refractivity contribution in [3.05, 3.63) is 30.1 Å². The molecule has 0 N–H and O–H groups in total. The Morgan fingerprint density at radius 3 is 2.74 bits per heavy atom. The minimum absolute atomic E-state index is 0.198. The van der Waals surface area contributed by atoms with Gasteiger partial charge in [-0.05, 0) is 64.2 Å². The number of aromatic nitrogens is 1. The minimum Gasteiger partial charge on any atom is -0.444 e. The van der Waals surface area contributed by atoms with Crippen LogP contribution in [0.5, 0.6) is 0 Å². The molecular weight excluding hydrogens is 292 g/mol. The summed E-state index contributed by atoms with van der Waals surface area (Å²) in [6.45, 7) is 7.73. The number of ether oxygens (including phenoxy) is 2. The summed E-state index contributed by atoms with van der Waals surface area (Å²) in [5.74, 6) is 0. The molecule has 5 heteroatoms. The number of carbonyl (C=O) groups excluding carboxylic acids is 1. The molecular formula is C18H28N2O3. The number of rotatable bonds is 5. The van der Waals surface area contributed by atoms with Crippen LogP contribution in [0.1, 0.15) is 52.0 Å². The molecule has 0 radical (unpaired) electrons. The number of hydrogen-bond donors (Lipinski definition) is 0. The first-order valence-electron chi connectivity index (χ1n) is 8.42. The molecule has 1 aromatic rings. The van der Waals surface area contributed by atoms with E-state index in [4.69, 9.17) is 9.47 Å². The first-order valence-corrected chi connectivity index (χ1v) is 8.42. The molecule has 0 aromatic carbocycles. The molecule has 2 heterocycles. The number of amides is 1. The molecule has 23 heavy (non-hydrogen) atoms. The van der Waals surface area contributed by atoms with Crippen LogP contribution in [0, 0.1) is 0 Å². The Morgan fingerprint density at radius 1 is 1.30 bits per heavy atom. The van der Waals surface area contributed by atoms with Gasteiger partial charge in [-0.1, -0.05) is 0 Å². The highest BCUT2D eigenvalue weighted by Crippen LogP contribution is 2.22. The van der Waals surface area contributed by atoms with Crippen molar-refractivity contribution in [3.63, 3.8) is 0 Å². The maximum atomic E-state index is 12.3. The van der Waals surface area contributed by atoms with Crippen LogP contribution in [0.15, 0.2) is 24.5 Å². The van der Waals surface area contributed by atoms with Crippen LogP contribution in [0.2, 0.25) is 0 Å². The zero-order chi connectivity index (χ0) is 16.7. The molecule has 1 aliphatic heterocycles. The van der Waals surface area contributed by atoms with E-state index < -0.39 is 5.60 Å². The van der Waals surface area contributed by atoms with E-state index in [0.29, 0.717) is 13.2 Å². The van der Waals surface area contributed by atoms with Gasteiger partial charge in [0.25, 0.3) is 0 Å². The highest BCUT2D eigenvalue weighted by molar-refractivity contribution is 5.68. The second kappa shape index (κ2) is 8.29. The molecule has 0 saturated carbocycles.